The molecule has 1 unspecified atom stereocenters. The number of anilines is 1. The molecule has 1 aromatic carbocycles. The number of hydrogen-bond donors (Lipinski definition) is 2. The number of nitrogens with two attached hydrogens (primary N) is 1. The van der Waals surface area contributed by atoms with Gasteiger partial charge in [0, 0.05) is 19.6 Å². The van der Waals surface area contributed by atoms with Gasteiger partial charge in [0.1, 0.15) is 5.75 Å². The van der Waals surface area contributed by atoms with Gasteiger partial charge >= 0.3 is 0 Å². The van der Waals surface area contributed by atoms with E-state index in [1.54, 1.807) is 7.11 Å². The van der Waals surface area contributed by atoms with E-state index in [2.05, 4.69) is 4.90 Å². The molecule has 1 aromatic rings. The first-order valence-corrected chi connectivity index (χ1v) is 5.39. The predicted molar refractivity (Wildman–Crippen MR) is 65.9 cm³/mol. The molecule has 16 heavy (non-hydrogen) atoms. The fourth-order valence-corrected chi connectivity index (χ4v) is 1.52. The fourth-order valence-electron chi connectivity index (χ4n) is 1.52. The summed E-state index contributed by atoms with van der Waals surface area (Å²) >= 11 is 0. The number of ether oxygens (including phenoxy) is 1. The summed E-state index contributed by atoms with van der Waals surface area (Å²) in [5, 5.41) is 8.85. The van der Waals surface area contributed by atoms with Crippen molar-refractivity contribution in [1.29, 1.82) is 0 Å². The maximum Gasteiger partial charge on any atom is 0.142 e. The molecule has 0 aliphatic rings. The number of para-hydroxylation sites is 2. The molecule has 1 rings (SSSR count). The zero-order chi connectivity index (χ0) is 12.0. The van der Waals surface area contributed by atoms with Crippen LogP contribution in [0.25, 0.3) is 0 Å². The van der Waals surface area contributed by atoms with Crippen LogP contribution in [0.2, 0.25) is 0 Å². The third kappa shape index (κ3) is 3.40. The van der Waals surface area contributed by atoms with Gasteiger partial charge in [0.05, 0.1) is 19.4 Å². The van der Waals surface area contributed by atoms with Crippen LogP contribution in [0.1, 0.15) is 6.42 Å². The topological polar surface area (TPSA) is 58.7 Å². The van der Waals surface area contributed by atoms with E-state index in [0.29, 0.717) is 0 Å². The van der Waals surface area contributed by atoms with Gasteiger partial charge in [-0.3, -0.25) is 0 Å². The standard InChI is InChI=1S/C12H20N2O2/c1-14(8-7-10(13)9-15)11-5-3-4-6-12(11)16-2/h3-6,10,15H,7-9,13H2,1-2H3. The number of benzene rings is 1. The second kappa shape index (κ2) is 6.35. The third-order valence-electron chi connectivity index (χ3n) is 2.57. The normalized spacial score (nSPS) is 12.2. The second-order valence-corrected chi connectivity index (χ2v) is 3.82. The van der Waals surface area contributed by atoms with Gasteiger partial charge < -0.3 is 20.5 Å². The summed E-state index contributed by atoms with van der Waals surface area (Å²) in [6, 6.07) is 7.69. The van der Waals surface area contributed by atoms with Gasteiger partial charge in [-0.15, -0.1) is 0 Å². The van der Waals surface area contributed by atoms with Crippen LogP contribution in [-0.2, 0) is 0 Å². The SMILES string of the molecule is COc1ccccc1N(C)CCC(N)CO. The molecule has 0 aromatic heterocycles. The van der Waals surface area contributed by atoms with Crippen LogP contribution in [0.3, 0.4) is 0 Å². The predicted octanol–water partition coefficient (Wildman–Crippen LogP) is 0.841. The highest BCUT2D eigenvalue weighted by molar-refractivity contribution is 5.57. The highest BCUT2D eigenvalue weighted by atomic mass is 16.5. The molecular weight excluding hydrogens is 204 g/mol. The maximum atomic E-state index is 8.85. The molecule has 3 N–H and O–H groups in total. The van der Waals surface area contributed by atoms with E-state index in [1.165, 1.54) is 0 Å². The van der Waals surface area contributed by atoms with E-state index < -0.39 is 0 Å². The van der Waals surface area contributed by atoms with E-state index >= 15 is 0 Å². The van der Waals surface area contributed by atoms with Gasteiger partial charge in [-0.2, -0.15) is 0 Å². The smallest absolute Gasteiger partial charge is 0.142 e. The first-order valence-electron chi connectivity index (χ1n) is 5.39. The lowest BCUT2D eigenvalue weighted by atomic mass is 10.2. The van der Waals surface area contributed by atoms with E-state index in [9.17, 15) is 0 Å². The summed E-state index contributed by atoms with van der Waals surface area (Å²) in [7, 11) is 3.65. The second-order valence-electron chi connectivity index (χ2n) is 3.82. The molecule has 90 valence electrons. The highest BCUT2D eigenvalue weighted by Crippen LogP contribution is 2.26. The van der Waals surface area contributed by atoms with Crippen LogP contribution in [-0.4, -0.2) is 38.5 Å². The summed E-state index contributed by atoms with van der Waals surface area (Å²) in [4.78, 5) is 2.08. The molecule has 0 bridgehead atoms. The summed E-state index contributed by atoms with van der Waals surface area (Å²) in [5.41, 5.74) is 6.70. The molecule has 0 aliphatic carbocycles. The number of aliphatic hydroxyl groups excluding tert-OH is 1. The number of nitrogens with zero attached hydrogens (tertiary/aromatic N) is 1. The Kier molecular flexibility index (Phi) is 5.08. The van der Waals surface area contributed by atoms with Crippen molar-refractivity contribution in [1.82, 2.24) is 0 Å². The maximum absolute atomic E-state index is 8.85. The molecule has 0 saturated heterocycles. The van der Waals surface area contributed by atoms with Crippen LogP contribution >= 0.6 is 0 Å². The molecule has 0 heterocycles. The largest absolute Gasteiger partial charge is 0.495 e. The molecule has 0 amide bonds. The molecule has 0 aliphatic heterocycles. The van der Waals surface area contributed by atoms with Crippen LogP contribution in [0.15, 0.2) is 24.3 Å². The van der Waals surface area contributed by atoms with Crippen molar-refractivity contribution in [3.63, 3.8) is 0 Å². The Morgan fingerprint density at radius 1 is 1.44 bits per heavy atom. The van der Waals surface area contributed by atoms with Gasteiger partial charge in [-0.05, 0) is 18.6 Å². The number of aliphatic hydroxyl groups is 1. The van der Waals surface area contributed by atoms with Crippen molar-refractivity contribution >= 4 is 5.69 Å². The quantitative estimate of drug-likeness (QED) is 0.752. The Labute approximate surface area is 96.6 Å². The minimum absolute atomic E-state index is 0.0275. The summed E-state index contributed by atoms with van der Waals surface area (Å²) in [6.45, 7) is 0.821. The van der Waals surface area contributed by atoms with E-state index in [4.69, 9.17) is 15.6 Å². The van der Waals surface area contributed by atoms with Gasteiger partial charge in [0.2, 0.25) is 0 Å². The number of methoxy groups -OCH3 is 1. The van der Waals surface area contributed by atoms with Gasteiger partial charge in [0.25, 0.3) is 0 Å². The lowest BCUT2D eigenvalue weighted by Gasteiger charge is -2.22. The Morgan fingerprint density at radius 3 is 2.75 bits per heavy atom. The van der Waals surface area contributed by atoms with E-state index in [-0.39, 0.29) is 12.6 Å². The summed E-state index contributed by atoms with van der Waals surface area (Å²) in [6.07, 6.45) is 0.755. The minimum atomic E-state index is -0.155. The van der Waals surface area contributed by atoms with Crippen molar-refractivity contribution in [3.8, 4) is 5.75 Å². The van der Waals surface area contributed by atoms with Crippen LogP contribution in [0.5, 0.6) is 5.75 Å². The molecule has 0 spiro atoms. The van der Waals surface area contributed by atoms with Crippen molar-refractivity contribution in [2.45, 2.75) is 12.5 Å². The molecular formula is C12H20N2O2. The Bertz CT molecular complexity index is 318. The molecule has 4 nitrogen and oxygen atoms in total. The molecule has 4 heteroatoms. The molecule has 1 atom stereocenters. The number of hydrogen-bond acceptors (Lipinski definition) is 4. The van der Waals surface area contributed by atoms with Gasteiger partial charge in [-0.25, -0.2) is 0 Å². The summed E-state index contributed by atoms with van der Waals surface area (Å²) in [5.74, 6) is 0.850. The Morgan fingerprint density at radius 2 is 2.12 bits per heavy atom. The average Bonchev–Trinajstić information content (AvgIpc) is 2.35. The highest BCUT2D eigenvalue weighted by Gasteiger charge is 2.08. The Balaban J connectivity index is 2.61. The lowest BCUT2D eigenvalue weighted by molar-refractivity contribution is 0.261. The van der Waals surface area contributed by atoms with E-state index in [1.807, 2.05) is 31.3 Å². The number of rotatable bonds is 6. The average molecular weight is 224 g/mol. The van der Waals surface area contributed by atoms with E-state index in [0.717, 1.165) is 24.4 Å². The molecule has 0 radical (unpaired) electrons. The zero-order valence-electron chi connectivity index (χ0n) is 9.89. The van der Waals surface area contributed by atoms with Gasteiger partial charge in [0.15, 0.2) is 0 Å². The third-order valence-corrected chi connectivity index (χ3v) is 2.57. The first-order chi connectivity index (χ1) is 7.69. The summed E-state index contributed by atoms with van der Waals surface area (Å²) < 4.78 is 5.28. The molecule has 0 fully saturated rings. The van der Waals surface area contributed by atoms with Crippen molar-refractivity contribution in [2.75, 3.05) is 32.2 Å². The Hall–Kier alpha value is -1.26. The monoisotopic (exact) mass is 224 g/mol. The fraction of sp³-hybridized carbons (Fsp3) is 0.500. The first kappa shape index (κ1) is 12.8. The van der Waals surface area contributed by atoms with Crippen molar-refractivity contribution in [2.24, 2.45) is 5.73 Å². The van der Waals surface area contributed by atoms with Crippen LogP contribution in [0, 0.1) is 0 Å². The van der Waals surface area contributed by atoms with Crippen molar-refractivity contribution < 1.29 is 9.84 Å². The lowest BCUT2D eigenvalue weighted by Crippen LogP contribution is -2.30. The van der Waals surface area contributed by atoms with Gasteiger partial charge in [-0.1, -0.05) is 12.1 Å². The zero-order valence-corrected chi connectivity index (χ0v) is 9.89. The van der Waals surface area contributed by atoms with Crippen LogP contribution in [0.4, 0.5) is 5.69 Å². The van der Waals surface area contributed by atoms with Crippen LogP contribution < -0.4 is 15.4 Å². The minimum Gasteiger partial charge on any atom is -0.495 e. The van der Waals surface area contributed by atoms with Crippen molar-refractivity contribution in [3.05, 3.63) is 24.3 Å². The molecule has 0 saturated carbocycles.